The molecule has 0 amide bonds. The van der Waals surface area contributed by atoms with Gasteiger partial charge in [-0.1, -0.05) is 56.3 Å². The molecular weight excluding hydrogens is 242 g/mol. The van der Waals surface area contributed by atoms with Gasteiger partial charge in [0.25, 0.3) is 0 Å². The fourth-order valence-electron chi connectivity index (χ4n) is 3.96. The van der Waals surface area contributed by atoms with Gasteiger partial charge < -0.3 is 5.32 Å². The molecule has 0 heterocycles. The molecule has 0 aliphatic heterocycles. The maximum atomic E-state index is 3.81. The van der Waals surface area contributed by atoms with Gasteiger partial charge in [0.2, 0.25) is 0 Å². The summed E-state index contributed by atoms with van der Waals surface area (Å²) in [7, 11) is 0. The maximum Gasteiger partial charge on any atom is 0.00731 e. The molecule has 4 unspecified atom stereocenters. The fourth-order valence-corrected chi connectivity index (χ4v) is 3.96. The Kier molecular flexibility index (Phi) is 3.72. The molecule has 2 bridgehead atoms. The highest BCUT2D eigenvalue weighted by Gasteiger charge is 2.38. The molecule has 4 atom stereocenters. The third-order valence-electron chi connectivity index (χ3n) is 5.39. The molecule has 1 aromatic carbocycles. The predicted molar refractivity (Wildman–Crippen MR) is 85.8 cm³/mol. The Morgan fingerprint density at radius 2 is 1.90 bits per heavy atom. The summed E-state index contributed by atoms with van der Waals surface area (Å²) in [4.78, 5) is 0. The van der Waals surface area contributed by atoms with E-state index in [9.17, 15) is 0 Å². The van der Waals surface area contributed by atoms with Crippen LogP contribution in [0.1, 0.15) is 39.2 Å². The van der Waals surface area contributed by atoms with Crippen LogP contribution in [0, 0.1) is 17.8 Å². The lowest BCUT2D eigenvalue weighted by atomic mass is 9.83. The predicted octanol–water partition coefficient (Wildman–Crippen LogP) is 4.15. The van der Waals surface area contributed by atoms with Crippen molar-refractivity contribution in [2.24, 2.45) is 17.8 Å². The fraction of sp³-hybridized carbons (Fsp3) is 0.579. The number of allylic oxidation sites excluding steroid dienone is 2. The monoisotopic (exact) mass is 269 g/mol. The molecule has 3 rings (SSSR count). The Morgan fingerprint density at radius 1 is 1.15 bits per heavy atom. The molecule has 1 aromatic rings. The van der Waals surface area contributed by atoms with Crippen molar-refractivity contribution in [1.82, 2.24) is 5.32 Å². The Morgan fingerprint density at radius 3 is 2.50 bits per heavy atom. The first-order valence-corrected chi connectivity index (χ1v) is 8.03. The molecule has 0 aromatic heterocycles. The molecule has 20 heavy (non-hydrogen) atoms. The first-order chi connectivity index (χ1) is 9.56. The van der Waals surface area contributed by atoms with Crippen molar-refractivity contribution in [2.45, 2.75) is 45.1 Å². The van der Waals surface area contributed by atoms with Gasteiger partial charge in [0.15, 0.2) is 0 Å². The summed E-state index contributed by atoms with van der Waals surface area (Å²) in [6.45, 7) is 8.10. The number of hydrogen-bond donors (Lipinski definition) is 1. The standard InChI is InChI=1S/C19H27N/c1-14(18-12-15-9-10-16(18)11-15)20-13-19(2,3)17-7-5-4-6-8-17/h4-10,14-16,18,20H,11-13H2,1-3H3. The zero-order valence-corrected chi connectivity index (χ0v) is 13.0. The molecule has 0 spiro atoms. The van der Waals surface area contributed by atoms with E-state index in [0.717, 1.165) is 24.3 Å². The molecule has 2 aliphatic rings. The molecule has 108 valence electrons. The van der Waals surface area contributed by atoms with Crippen LogP contribution in [0.5, 0.6) is 0 Å². The summed E-state index contributed by atoms with van der Waals surface area (Å²) in [5, 5.41) is 3.81. The minimum atomic E-state index is 0.197. The second kappa shape index (κ2) is 5.37. The van der Waals surface area contributed by atoms with E-state index in [-0.39, 0.29) is 5.41 Å². The molecule has 2 aliphatic carbocycles. The van der Waals surface area contributed by atoms with Crippen LogP contribution < -0.4 is 5.32 Å². The van der Waals surface area contributed by atoms with Crippen molar-refractivity contribution >= 4 is 0 Å². The van der Waals surface area contributed by atoms with E-state index < -0.39 is 0 Å². The summed E-state index contributed by atoms with van der Waals surface area (Å²) in [6, 6.07) is 11.5. The summed E-state index contributed by atoms with van der Waals surface area (Å²) in [5.41, 5.74) is 1.62. The van der Waals surface area contributed by atoms with Gasteiger partial charge in [0.1, 0.15) is 0 Å². The van der Waals surface area contributed by atoms with Crippen LogP contribution in [0.15, 0.2) is 42.5 Å². The lowest BCUT2D eigenvalue weighted by Gasteiger charge is -2.32. The smallest absolute Gasteiger partial charge is 0.00731 e. The van der Waals surface area contributed by atoms with E-state index in [1.807, 2.05) is 0 Å². The largest absolute Gasteiger partial charge is 0.313 e. The molecule has 1 fully saturated rings. The minimum absolute atomic E-state index is 0.197. The first kappa shape index (κ1) is 13.9. The van der Waals surface area contributed by atoms with Crippen LogP contribution in [0.4, 0.5) is 0 Å². The van der Waals surface area contributed by atoms with Crippen LogP contribution in [0.2, 0.25) is 0 Å². The highest BCUT2D eigenvalue weighted by atomic mass is 14.9. The van der Waals surface area contributed by atoms with Gasteiger partial charge >= 0.3 is 0 Å². The number of fused-ring (bicyclic) bond motifs is 2. The van der Waals surface area contributed by atoms with E-state index in [4.69, 9.17) is 0 Å². The van der Waals surface area contributed by atoms with Crippen LogP contribution in [0.3, 0.4) is 0 Å². The van der Waals surface area contributed by atoms with E-state index >= 15 is 0 Å². The molecule has 1 saturated carbocycles. The number of benzene rings is 1. The lowest BCUT2D eigenvalue weighted by Crippen LogP contribution is -2.42. The van der Waals surface area contributed by atoms with Gasteiger partial charge in [-0.25, -0.2) is 0 Å². The number of nitrogens with one attached hydrogen (secondary N) is 1. The highest BCUT2D eigenvalue weighted by molar-refractivity contribution is 5.24. The van der Waals surface area contributed by atoms with Crippen LogP contribution >= 0.6 is 0 Å². The average molecular weight is 269 g/mol. The summed E-state index contributed by atoms with van der Waals surface area (Å²) < 4.78 is 0. The topological polar surface area (TPSA) is 12.0 Å². The second-order valence-electron chi connectivity index (χ2n) is 7.36. The highest BCUT2D eigenvalue weighted by Crippen LogP contribution is 2.44. The zero-order chi connectivity index (χ0) is 14.2. The van der Waals surface area contributed by atoms with E-state index in [2.05, 4.69) is 68.6 Å². The van der Waals surface area contributed by atoms with Crippen molar-refractivity contribution in [3.05, 3.63) is 48.0 Å². The van der Waals surface area contributed by atoms with Crippen molar-refractivity contribution in [1.29, 1.82) is 0 Å². The normalized spacial score (nSPS) is 29.9. The van der Waals surface area contributed by atoms with E-state index in [1.54, 1.807) is 0 Å². The van der Waals surface area contributed by atoms with Gasteiger partial charge in [-0.05, 0) is 43.1 Å². The van der Waals surface area contributed by atoms with Crippen molar-refractivity contribution in [2.75, 3.05) is 6.54 Å². The van der Waals surface area contributed by atoms with E-state index in [1.165, 1.54) is 18.4 Å². The molecule has 0 saturated heterocycles. The zero-order valence-electron chi connectivity index (χ0n) is 13.0. The van der Waals surface area contributed by atoms with Gasteiger partial charge in [0.05, 0.1) is 0 Å². The Balaban J connectivity index is 1.58. The van der Waals surface area contributed by atoms with Crippen molar-refractivity contribution < 1.29 is 0 Å². The third kappa shape index (κ3) is 2.69. The molecule has 1 N–H and O–H groups in total. The van der Waals surface area contributed by atoms with Crippen molar-refractivity contribution in [3.8, 4) is 0 Å². The molecule has 1 nitrogen and oxygen atoms in total. The molecular formula is C19H27N. The van der Waals surface area contributed by atoms with E-state index in [0.29, 0.717) is 6.04 Å². The minimum Gasteiger partial charge on any atom is -0.313 e. The molecule has 1 heteroatoms. The van der Waals surface area contributed by atoms with Crippen LogP contribution in [0.25, 0.3) is 0 Å². The van der Waals surface area contributed by atoms with Crippen molar-refractivity contribution in [3.63, 3.8) is 0 Å². The quantitative estimate of drug-likeness (QED) is 0.792. The number of hydrogen-bond acceptors (Lipinski definition) is 1. The Bertz CT molecular complexity index is 474. The van der Waals surface area contributed by atoms with Gasteiger partial charge in [-0.3, -0.25) is 0 Å². The summed E-state index contributed by atoms with van der Waals surface area (Å²) >= 11 is 0. The van der Waals surface area contributed by atoms with Gasteiger partial charge in [0, 0.05) is 18.0 Å². The summed E-state index contributed by atoms with van der Waals surface area (Å²) in [5.74, 6) is 2.55. The molecule has 0 radical (unpaired) electrons. The lowest BCUT2D eigenvalue weighted by molar-refractivity contribution is 0.306. The van der Waals surface area contributed by atoms with Crippen LogP contribution in [-0.2, 0) is 5.41 Å². The average Bonchev–Trinajstić information content (AvgIpc) is 3.08. The Labute approximate surface area is 123 Å². The van der Waals surface area contributed by atoms with Gasteiger partial charge in [-0.15, -0.1) is 0 Å². The third-order valence-corrected chi connectivity index (χ3v) is 5.39. The Hall–Kier alpha value is -1.08. The second-order valence-corrected chi connectivity index (χ2v) is 7.36. The van der Waals surface area contributed by atoms with Crippen LogP contribution in [-0.4, -0.2) is 12.6 Å². The van der Waals surface area contributed by atoms with Gasteiger partial charge in [-0.2, -0.15) is 0 Å². The number of rotatable bonds is 5. The maximum absolute atomic E-state index is 3.81. The summed E-state index contributed by atoms with van der Waals surface area (Å²) in [6.07, 6.45) is 7.68. The first-order valence-electron chi connectivity index (χ1n) is 8.03. The SMILES string of the molecule is CC(NCC(C)(C)c1ccccc1)C1CC2C=CC1C2.